The molecule has 1 unspecified atom stereocenters. The first-order valence-electron chi connectivity index (χ1n) is 10.5. The summed E-state index contributed by atoms with van der Waals surface area (Å²) >= 11 is 0. The SMILES string of the molecule is O=C(NNC(=O)C1COc2ccccc2O1)c1cccc(NC(=O)C2CCCCC2)c1. The van der Waals surface area contributed by atoms with E-state index in [9.17, 15) is 14.4 Å². The maximum atomic E-state index is 12.5. The van der Waals surface area contributed by atoms with Gasteiger partial charge in [-0.3, -0.25) is 25.2 Å². The number of ether oxygens (including phenoxy) is 2. The Bertz CT molecular complexity index is 971. The number of hydrogen-bond donors (Lipinski definition) is 3. The van der Waals surface area contributed by atoms with E-state index < -0.39 is 17.9 Å². The van der Waals surface area contributed by atoms with Crippen molar-refractivity contribution in [2.75, 3.05) is 11.9 Å². The van der Waals surface area contributed by atoms with Gasteiger partial charge in [-0.15, -0.1) is 0 Å². The summed E-state index contributed by atoms with van der Waals surface area (Å²) in [6.07, 6.45) is 4.24. The van der Waals surface area contributed by atoms with E-state index in [1.54, 1.807) is 42.5 Å². The lowest BCUT2D eigenvalue weighted by Gasteiger charge is -2.25. The number of benzene rings is 2. The number of rotatable bonds is 4. The standard InChI is InChI=1S/C23H25N3O5/c27-21(15-7-2-1-3-8-15)24-17-10-6-9-16(13-17)22(28)25-26-23(29)20-14-30-18-11-4-5-12-19(18)31-20/h4-6,9-13,15,20H,1-3,7-8,14H2,(H,24,27)(H,25,28)(H,26,29). The van der Waals surface area contributed by atoms with Gasteiger partial charge in [0.25, 0.3) is 11.8 Å². The van der Waals surface area contributed by atoms with Gasteiger partial charge in [-0.2, -0.15) is 0 Å². The van der Waals surface area contributed by atoms with Gasteiger partial charge >= 0.3 is 0 Å². The molecule has 1 atom stereocenters. The van der Waals surface area contributed by atoms with E-state index in [0.29, 0.717) is 22.7 Å². The summed E-state index contributed by atoms with van der Waals surface area (Å²) in [7, 11) is 0. The number of hydrazine groups is 1. The molecule has 2 aliphatic rings. The minimum atomic E-state index is -0.878. The molecule has 2 aromatic rings. The van der Waals surface area contributed by atoms with Gasteiger partial charge in [0.05, 0.1) is 0 Å². The number of para-hydroxylation sites is 2. The summed E-state index contributed by atoms with van der Waals surface area (Å²) in [6.45, 7) is 0.0431. The van der Waals surface area contributed by atoms with Crippen molar-refractivity contribution in [1.82, 2.24) is 10.9 Å². The van der Waals surface area contributed by atoms with Crippen LogP contribution < -0.4 is 25.6 Å². The van der Waals surface area contributed by atoms with Gasteiger partial charge in [0.1, 0.15) is 6.61 Å². The fourth-order valence-electron chi connectivity index (χ4n) is 3.77. The summed E-state index contributed by atoms with van der Waals surface area (Å²) in [6, 6.07) is 13.7. The maximum Gasteiger partial charge on any atom is 0.283 e. The zero-order chi connectivity index (χ0) is 21.6. The van der Waals surface area contributed by atoms with Crippen molar-refractivity contribution in [2.24, 2.45) is 5.92 Å². The lowest BCUT2D eigenvalue weighted by molar-refractivity contribution is -0.131. The van der Waals surface area contributed by atoms with Crippen LogP contribution in [0.1, 0.15) is 42.5 Å². The van der Waals surface area contributed by atoms with E-state index in [1.165, 1.54) is 6.42 Å². The molecule has 2 aromatic carbocycles. The zero-order valence-corrected chi connectivity index (χ0v) is 17.1. The number of hydrogen-bond acceptors (Lipinski definition) is 5. The van der Waals surface area contributed by atoms with E-state index in [4.69, 9.17) is 9.47 Å². The highest BCUT2D eigenvalue weighted by Gasteiger charge is 2.27. The Morgan fingerprint density at radius 3 is 2.42 bits per heavy atom. The molecule has 4 rings (SSSR count). The van der Waals surface area contributed by atoms with Crippen LogP contribution in [0.15, 0.2) is 48.5 Å². The van der Waals surface area contributed by atoms with Crippen LogP contribution in [-0.2, 0) is 9.59 Å². The van der Waals surface area contributed by atoms with Crippen molar-refractivity contribution in [2.45, 2.75) is 38.2 Å². The van der Waals surface area contributed by atoms with Crippen LogP contribution in [0.2, 0.25) is 0 Å². The first-order valence-corrected chi connectivity index (χ1v) is 10.5. The monoisotopic (exact) mass is 423 g/mol. The van der Waals surface area contributed by atoms with Gasteiger partial charge in [0, 0.05) is 17.2 Å². The average molecular weight is 423 g/mol. The second-order valence-electron chi connectivity index (χ2n) is 7.71. The van der Waals surface area contributed by atoms with Crippen molar-refractivity contribution in [1.29, 1.82) is 0 Å². The van der Waals surface area contributed by atoms with Crippen LogP contribution in [0, 0.1) is 5.92 Å². The molecule has 1 aliphatic heterocycles. The summed E-state index contributed by atoms with van der Waals surface area (Å²) < 4.78 is 11.1. The third kappa shape index (κ3) is 5.14. The highest BCUT2D eigenvalue weighted by atomic mass is 16.6. The van der Waals surface area contributed by atoms with Crippen molar-refractivity contribution >= 4 is 23.4 Å². The van der Waals surface area contributed by atoms with E-state index in [2.05, 4.69) is 16.2 Å². The van der Waals surface area contributed by atoms with Gasteiger partial charge in [-0.05, 0) is 43.2 Å². The van der Waals surface area contributed by atoms with Crippen molar-refractivity contribution < 1.29 is 23.9 Å². The Kier molecular flexibility index (Phi) is 6.35. The Labute approximate surface area is 180 Å². The molecule has 162 valence electrons. The van der Waals surface area contributed by atoms with E-state index >= 15 is 0 Å². The third-order valence-corrected chi connectivity index (χ3v) is 5.47. The highest BCUT2D eigenvalue weighted by Crippen LogP contribution is 2.30. The van der Waals surface area contributed by atoms with Crippen molar-refractivity contribution in [3.8, 4) is 11.5 Å². The molecule has 3 amide bonds. The molecule has 3 N–H and O–H groups in total. The molecule has 0 radical (unpaired) electrons. The average Bonchev–Trinajstić information content (AvgIpc) is 2.82. The van der Waals surface area contributed by atoms with E-state index in [1.807, 2.05) is 6.07 Å². The lowest BCUT2D eigenvalue weighted by atomic mass is 9.88. The summed E-state index contributed by atoms with van der Waals surface area (Å²) in [5, 5.41) is 2.89. The van der Waals surface area contributed by atoms with Crippen LogP contribution >= 0.6 is 0 Å². The molecule has 0 saturated heterocycles. The second-order valence-corrected chi connectivity index (χ2v) is 7.71. The lowest BCUT2D eigenvalue weighted by Crippen LogP contribution is -2.50. The minimum Gasteiger partial charge on any atom is -0.485 e. The number of fused-ring (bicyclic) bond motifs is 1. The number of carbonyl (C=O) groups excluding carboxylic acids is 3. The predicted molar refractivity (Wildman–Crippen MR) is 114 cm³/mol. The first kappa shape index (κ1) is 20.7. The fraction of sp³-hybridized carbons (Fsp3) is 0.348. The Morgan fingerprint density at radius 2 is 1.61 bits per heavy atom. The van der Waals surface area contributed by atoms with Crippen LogP contribution in [0.4, 0.5) is 5.69 Å². The predicted octanol–water partition coefficient (Wildman–Crippen LogP) is 2.81. The summed E-state index contributed by atoms with van der Waals surface area (Å²) in [5.74, 6) is 0.0295. The molecular formula is C23H25N3O5. The largest absolute Gasteiger partial charge is 0.485 e. The topological polar surface area (TPSA) is 106 Å². The van der Waals surface area contributed by atoms with E-state index in [-0.39, 0.29) is 18.4 Å². The maximum absolute atomic E-state index is 12.5. The summed E-state index contributed by atoms with van der Waals surface area (Å²) in [4.78, 5) is 37.2. The number of amides is 3. The fourth-order valence-corrected chi connectivity index (χ4v) is 3.77. The molecular weight excluding hydrogens is 398 g/mol. The molecule has 1 saturated carbocycles. The number of carbonyl (C=O) groups is 3. The van der Waals surface area contributed by atoms with Crippen LogP contribution in [0.5, 0.6) is 11.5 Å². The van der Waals surface area contributed by atoms with Crippen molar-refractivity contribution in [3.63, 3.8) is 0 Å². The third-order valence-electron chi connectivity index (χ3n) is 5.47. The highest BCUT2D eigenvalue weighted by molar-refractivity contribution is 5.98. The van der Waals surface area contributed by atoms with Gasteiger partial charge in [0.15, 0.2) is 11.5 Å². The Balaban J connectivity index is 1.30. The van der Waals surface area contributed by atoms with Gasteiger partial charge in [-0.1, -0.05) is 37.5 Å². The van der Waals surface area contributed by atoms with E-state index in [0.717, 1.165) is 25.7 Å². The molecule has 1 aliphatic carbocycles. The molecule has 0 aromatic heterocycles. The van der Waals surface area contributed by atoms with Crippen LogP contribution in [-0.4, -0.2) is 30.4 Å². The molecule has 1 heterocycles. The molecule has 1 fully saturated rings. The molecule has 0 spiro atoms. The van der Waals surface area contributed by atoms with Gasteiger partial charge in [-0.25, -0.2) is 0 Å². The Morgan fingerprint density at radius 1 is 0.839 bits per heavy atom. The number of anilines is 1. The molecule has 31 heavy (non-hydrogen) atoms. The van der Waals surface area contributed by atoms with Crippen LogP contribution in [0.25, 0.3) is 0 Å². The minimum absolute atomic E-state index is 0.0136. The van der Waals surface area contributed by atoms with Crippen molar-refractivity contribution in [3.05, 3.63) is 54.1 Å². The van der Waals surface area contributed by atoms with Gasteiger partial charge in [0.2, 0.25) is 12.0 Å². The number of nitrogens with one attached hydrogen (secondary N) is 3. The quantitative estimate of drug-likeness (QED) is 0.656. The second kappa shape index (κ2) is 9.51. The van der Waals surface area contributed by atoms with Crippen LogP contribution in [0.3, 0.4) is 0 Å². The molecule has 8 nitrogen and oxygen atoms in total. The normalized spacial score (nSPS) is 18.0. The Hall–Kier alpha value is -3.55. The van der Waals surface area contributed by atoms with Gasteiger partial charge < -0.3 is 14.8 Å². The first-order chi connectivity index (χ1) is 15.1. The smallest absolute Gasteiger partial charge is 0.283 e. The zero-order valence-electron chi connectivity index (χ0n) is 17.1. The molecule has 8 heteroatoms. The molecule has 0 bridgehead atoms. The summed E-state index contributed by atoms with van der Waals surface area (Å²) in [5.41, 5.74) is 5.60.